The number of nitrogens with zero attached hydrogens (tertiary/aromatic N) is 2. The second kappa shape index (κ2) is 8.41. The second-order valence-electron chi connectivity index (χ2n) is 5.27. The van der Waals surface area contributed by atoms with Gasteiger partial charge in [0.15, 0.2) is 0 Å². The van der Waals surface area contributed by atoms with Gasteiger partial charge >= 0.3 is 0 Å². The van der Waals surface area contributed by atoms with Crippen LogP contribution in [0.15, 0.2) is 22.5 Å². The first kappa shape index (κ1) is 20.1. The Balaban J connectivity index is 2.35. The molecule has 2 aromatic rings. The molecule has 0 spiro atoms. The van der Waals surface area contributed by atoms with Crippen molar-refractivity contribution in [2.24, 2.45) is 0 Å². The Morgan fingerprint density at radius 2 is 2.04 bits per heavy atom. The van der Waals surface area contributed by atoms with Crippen LogP contribution in [0.3, 0.4) is 0 Å². The summed E-state index contributed by atoms with van der Waals surface area (Å²) in [5, 5.41) is 10.1. The second-order valence-corrected chi connectivity index (χ2v) is 8.60. The topological polar surface area (TPSA) is 101 Å². The van der Waals surface area contributed by atoms with E-state index in [1.807, 2.05) is 6.92 Å². The van der Waals surface area contributed by atoms with E-state index in [0.29, 0.717) is 6.42 Å². The number of carbonyl (C=O) groups is 1. The number of amides is 1. The van der Waals surface area contributed by atoms with Gasteiger partial charge in [-0.3, -0.25) is 10.1 Å². The van der Waals surface area contributed by atoms with E-state index in [9.17, 15) is 13.2 Å². The predicted octanol–water partition coefficient (Wildman–Crippen LogP) is 3.56. The van der Waals surface area contributed by atoms with Crippen molar-refractivity contribution in [3.05, 3.63) is 33.3 Å². The molecule has 2 N–H and O–H groups in total. The number of benzene rings is 1. The van der Waals surface area contributed by atoms with E-state index in [-0.39, 0.29) is 31.7 Å². The molecule has 0 bridgehead atoms. The van der Waals surface area contributed by atoms with E-state index in [1.165, 1.54) is 11.6 Å². The molecule has 0 saturated carbocycles. The molecule has 0 fully saturated rings. The molecule has 2 rings (SSSR count). The van der Waals surface area contributed by atoms with Gasteiger partial charge in [-0.2, -0.15) is 0 Å². The van der Waals surface area contributed by atoms with E-state index in [0.717, 1.165) is 23.8 Å². The molecule has 1 atom stereocenters. The van der Waals surface area contributed by atoms with Crippen molar-refractivity contribution in [1.82, 2.24) is 14.9 Å². The largest absolute Gasteiger partial charge is 0.296 e. The monoisotopic (exact) mass is 422 g/mol. The minimum atomic E-state index is -3.89. The number of nitrogens with one attached hydrogen (secondary N) is 2. The van der Waals surface area contributed by atoms with Gasteiger partial charge < -0.3 is 0 Å². The highest BCUT2D eigenvalue weighted by Gasteiger charge is 2.24. The van der Waals surface area contributed by atoms with E-state index in [1.54, 1.807) is 6.92 Å². The van der Waals surface area contributed by atoms with Gasteiger partial charge in [0.1, 0.15) is 10.4 Å². The molecular formula is C14H16Cl2N4O3S2. The Labute approximate surface area is 159 Å². The third-order valence-electron chi connectivity index (χ3n) is 3.21. The average Bonchev–Trinajstić information content (AvgIpc) is 2.99. The van der Waals surface area contributed by atoms with E-state index < -0.39 is 15.9 Å². The number of hydrogen-bond donors (Lipinski definition) is 2. The Hall–Kier alpha value is -1.26. The lowest BCUT2D eigenvalue weighted by Crippen LogP contribution is -2.32. The van der Waals surface area contributed by atoms with Gasteiger partial charge in [0, 0.05) is 6.04 Å². The van der Waals surface area contributed by atoms with Gasteiger partial charge in [0.2, 0.25) is 15.2 Å². The smallest absolute Gasteiger partial charge is 0.259 e. The molecule has 0 saturated heterocycles. The molecule has 0 aliphatic rings. The Morgan fingerprint density at radius 3 is 2.64 bits per heavy atom. The fourth-order valence-electron chi connectivity index (χ4n) is 2.12. The number of sulfonamides is 1. The van der Waals surface area contributed by atoms with Crippen LogP contribution in [0.4, 0.5) is 5.13 Å². The molecule has 136 valence electrons. The molecule has 1 heterocycles. The summed E-state index contributed by atoms with van der Waals surface area (Å²) < 4.78 is 27.6. The van der Waals surface area contributed by atoms with Gasteiger partial charge in [0.05, 0.1) is 15.6 Å². The zero-order chi connectivity index (χ0) is 18.6. The lowest BCUT2D eigenvalue weighted by molar-refractivity contribution is 0.102. The van der Waals surface area contributed by atoms with Gasteiger partial charge in [-0.15, -0.1) is 10.2 Å². The molecule has 1 amide bonds. The lowest BCUT2D eigenvalue weighted by Gasteiger charge is -2.15. The minimum absolute atomic E-state index is 0.0233. The highest BCUT2D eigenvalue weighted by atomic mass is 35.5. The maximum Gasteiger partial charge on any atom is 0.259 e. The van der Waals surface area contributed by atoms with Crippen LogP contribution in [-0.4, -0.2) is 30.6 Å². The fraction of sp³-hybridized carbons (Fsp3) is 0.357. The van der Waals surface area contributed by atoms with E-state index in [2.05, 4.69) is 20.2 Å². The predicted molar refractivity (Wildman–Crippen MR) is 99.0 cm³/mol. The molecule has 1 unspecified atom stereocenters. The Morgan fingerprint density at radius 1 is 1.32 bits per heavy atom. The average molecular weight is 423 g/mol. The highest BCUT2D eigenvalue weighted by molar-refractivity contribution is 7.89. The SMILES string of the molecule is CCCC(C)NS(=O)(=O)c1cc(C(=O)Nc2nncs2)c(Cl)cc1Cl. The van der Waals surface area contributed by atoms with Crippen molar-refractivity contribution in [1.29, 1.82) is 0 Å². The number of halogens is 2. The van der Waals surface area contributed by atoms with Crippen molar-refractivity contribution >= 4 is 55.6 Å². The van der Waals surface area contributed by atoms with Crippen molar-refractivity contribution in [3.8, 4) is 0 Å². The summed E-state index contributed by atoms with van der Waals surface area (Å²) in [5.41, 5.74) is 1.43. The molecule has 25 heavy (non-hydrogen) atoms. The van der Waals surface area contributed by atoms with Crippen LogP contribution in [0, 0.1) is 0 Å². The maximum atomic E-state index is 12.6. The molecule has 1 aromatic carbocycles. The standard InChI is InChI=1S/C14H16Cl2N4O3S2/c1-3-4-8(2)20-25(22,23)12-5-9(10(15)6-11(12)16)13(21)18-14-19-17-7-24-14/h5-8,20H,3-4H2,1-2H3,(H,18,19,21). The number of carbonyl (C=O) groups excluding carboxylic acids is 1. The summed E-state index contributed by atoms with van der Waals surface area (Å²) in [6.45, 7) is 3.71. The van der Waals surface area contributed by atoms with Crippen LogP contribution in [0.2, 0.25) is 10.0 Å². The summed E-state index contributed by atoms with van der Waals surface area (Å²) in [6, 6.07) is 2.12. The molecule has 7 nitrogen and oxygen atoms in total. The van der Waals surface area contributed by atoms with Crippen LogP contribution < -0.4 is 10.0 Å². The first-order valence-corrected chi connectivity index (χ1v) is 10.5. The van der Waals surface area contributed by atoms with Crippen LogP contribution >= 0.6 is 34.5 Å². The first-order valence-electron chi connectivity index (χ1n) is 7.33. The highest BCUT2D eigenvalue weighted by Crippen LogP contribution is 2.29. The van der Waals surface area contributed by atoms with Crippen LogP contribution in [0.5, 0.6) is 0 Å². The quantitative estimate of drug-likeness (QED) is 0.709. The zero-order valence-corrected chi connectivity index (χ0v) is 16.6. The number of rotatable bonds is 7. The van der Waals surface area contributed by atoms with E-state index >= 15 is 0 Å². The number of hydrogen-bond acceptors (Lipinski definition) is 6. The summed E-state index contributed by atoms with van der Waals surface area (Å²) in [7, 11) is -3.89. The van der Waals surface area contributed by atoms with Crippen LogP contribution in [-0.2, 0) is 10.0 Å². The summed E-state index contributed by atoms with van der Waals surface area (Å²) >= 11 is 13.2. The van der Waals surface area contributed by atoms with Crippen molar-refractivity contribution in [3.63, 3.8) is 0 Å². The first-order chi connectivity index (χ1) is 11.7. The Kier molecular flexibility index (Phi) is 6.75. The van der Waals surface area contributed by atoms with Gasteiger partial charge in [0.25, 0.3) is 5.91 Å². The van der Waals surface area contributed by atoms with Gasteiger partial charge in [-0.05, 0) is 25.5 Å². The van der Waals surface area contributed by atoms with Crippen molar-refractivity contribution < 1.29 is 13.2 Å². The normalized spacial score (nSPS) is 12.8. The lowest BCUT2D eigenvalue weighted by atomic mass is 10.2. The van der Waals surface area contributed by atoms with E-state index in [4.69, 9.17) is 23.2 Å². The summed E-state index contributed by atoms with van der Waals surface area (Å²) in [6.07, 6.45) is 1.50. The fourth-order valence-corrected chi connectivity index (χ4v) is 4.70. The minimum Gasteiger partial charge on any atom is -0.296 e. The van der Waals surface area contributed by atoms with Crippen LogP contribution in [0.1, 0.15) is 37.0 Å². The molecule has 0 aliphatic carbocycles. The Bertz CT molecular complexity index is 857. The molecule has 1 aromatic heterocycles. The van der Waals surface area contributed by atoms with Crippen molar-refractivity contribution in [2.75, 3.05) is 5.32 Å². The molecule has 0 radical (unpaired) electrons. The molecular weight excluding hydrogens is 407 g/mol. The van der Waals surface area contributed by atoms with Gasteiger partial charge in [-0.1, -0.05) is 47.9 Å². The third kappa shape index (κ3) is 5.11. The van der Waals surface area contributed by atoms with Gasteiger partial charge in [-0.25, -0.2) is 13.1 Å². The maximum absolute atomic E-state index is 12.6. The zero-order valence-electron chi connectivity index (χ0n) is 13.4. The summed E-state index contributed by atoms with van der Waals surface area (Å²) in [5.74, 6) is -0.600. The molecule has 11 heteroatoms. The number of anilines is 1. The third-order valence-corrected chi connectivity index (χ3v) is 6.19. The number of aromatic nitrogens is 2. The molecule has 0 aliphatic heterocycles. The van der Waals surface area contributed by atoms with Crippen molar-refractivity contribution in [2.45, 2.75) is 37.6 Å². The van der Waals surface area contributed by atoms with Crippen LogP contribution in [0.25, 0.3) is 0 Å². The summed E-state index contributed by atoms with van der Waals surface area (Å²) in [4.78, 5) is 12.1.